The van der Waals surface area contributed by atoms with Gasteiger partial charge in [-0.3, -0.25) is 4.79 Å². The van der Waals surface area contributed by atoms with Crippen LogP contribution in [0.25, 0.3) is 16.3 Å². The zero-order valence-electron chi connectivity index (χ0n) is 13.6. The second-order valence-corrected chi connectivity index (χ2v) is 7.61. The van der Waals surface area contributed by atoms with Gasteiger partial charge < -0.3 is 0 Å². The van der Waals surface area contributed by atoms with E-state index >= 15 is 0 Å². The van der Waals surface area contributed by atoms with Gasteiger partial charge in [0.25, 0.3) is 0 Å². The van der Waals surface area contributed by atoms with Gasteiger partial charge in [0.2, 0.25) is 0 Å². The van der Waals surface area contributed by atoms with Gasteiger partial charge in [0.05, 0.1) is 0 Å². The Morgan fingerprint density at radius 3 is 2.61 bits per heavy atom. The van der Waals surface area contributed by atoms with Crippen LogP contribution in [0.5, 0.6) is 0 Å². The Morgan fingerprint density at radius 1 is 0.957 bits per heavy atom. The Kier molecular flexibility index (Phi) is 2.83. The smallest absolute Gasteiger partial charge is 0.162 e. The van der Waals surface area contributed by atoms with Crippen LogP contribution in [0.1, 0.15) is 56.1 Å². The summed E-state index contributed by atoms with van der Waals surface area (Å²) in [5.41, 5.74) is 5.48. The van der Waals surface area contributed by atoms with Crippen LogP contribution >= 0.6 is 0 Å². The number of carbonyl (C=O) groups is 1. The van der Waals surface area contributed by atoms with Crippen LogP contribution in [-0.2, 0) is 4.79 Å². The first-order valence-corrected chi connectivity index (χ1v) is 9.05. The standard InChI is InChI=1S/C22H22O/c1-13-12-19-21(16-8-4-5-9-17(16)22(19)23)18-11-10-14-6-2-3-7-15(14)20(13)18/h2-3,6-7,10-11,13,16-17H,4-5,8-9,12H2,1H3/t13-,16-,17+/m1/s1. The minimum absolute atomic E-state index is 0.290. The Bertz CT molecular complexity index is 857. The molecule has 0 aliphatic heterocycles. The highest BCUT2D eigenvalue weighted by atomic mass is 16.1. The zero-order valence-corrected chi connectivity index (χ0v) is 13.6. The maximum atomic E-state index is 12.9. The molecule has 1 fully saturated rings. The van der Waals surface area contributed by atoms with Gasteiger partial charge in [0, 0.05) is 11.5 Å². The lowest BCUT2D eigenvalue weighted by atomic mass is 9.73. The number of Topliss-reactive ketones (excluding diaryl/α,β-unsaturated/α-hetero) is 1. The second kappa shape index (κ2) is 4.80. The lowest BCUT2D eigenvalue weighted by molar-refractivity contribution is -0.120. The van der Waals surface area contributed by atoms with Gasteiger partial charge in [-0.05, 0) is 58.6 Å². The third-order valence-electron chi connectivity index (χ3n) is 6.36. The van der Waals surface area contributed by atoms with Crippen molar-refractivity contribution >= 4 is 22.1 Å². The number of ketones is 1. The van der Waals surface area contributed by atoms with Crippen molar-refractivity contribution in [3.8, 4) is 0 Å². The number of allylic oxidation sites excluding steroid dienone is 2. The molecule has 0 saturated heterocycles. The second-order valence-electron chi connectivity index (χ2n) is 7.61. The van der Waals surface area contributed by atoms with E-state index in [9.17, 15) is 4.79 Å². The molecule has 0 N–H and O–H groups in total. The minimum atomic E-state index is 0.290. The predicted molar refractivity (Wildman–Crippen MR) is 94.4 cm³/mol. The molecule has 0 bridgehead atoms. The molecule has 0 unspecified atom stereocenters. The van der Waals surface area contributed by atoms with Crippen molar-refractivity contribution in [1.29, 1.82) is 0 Å². The fraction of sp³-hybridized carbons (Fsp3) is 0.409. The lowest BCUT2D eigenvalue weighted by Crippen LogP contribution is -2.21. The van der Waals surface area contributed by atoms with E-state index in [-0.39, 0.29) is 0 Å². The highest BCUT2D eigenvalue weighted by Gasteiger charge is 2.45. The van der Waals surface area contributed by atoms with Crippen molar-refractivity contribution in [3.63, 3.8) is 0 Å². The van der Waals surface area contributed by atoms with Crippen LogP contribution in [-0.4, -0.2) is 5.78 Å². The molecule has 0 amide bonds. The Morgan fingerprint density at radius 2 is 1.74 bits per heavy atom. The molecule has 2 aromatic carbocycles. The van der Waals surface area contributed by atoms with Crippen molar-refractivity contribution in [2.45, 2.75) is 44.9 Å². The third-order valence-corrected chi connectivity index (χ3v) is 6.36. The fourth-order valence-corrected chi connectivity index (χ4v) is 5.41. The van der Waals surface area contributed by atoms with Gasteiger partial charge in [-0.25, -0.2) is 0 Å². The number of rotatable bonds is 0. The molecule has 1 saturated carbocycles. The van der Waals surface area contributed by atoms with Crippen molar-refractivity contribution in [2.24, 2.45) is 11.8 Å². The Hall–Kier alpha value is -1.89. The molecule has 0 aromatic heterocycles. The monoisotopic (exact) mass is 302 g/mol. The van der Waals surface area contributed by atoms with E-state index in [0.29, 0.717) is 23.5 Å². The highest BCUT2D eigenvalue weighted by Crippen LogP contribution is 2.54. The lowest BCUT2D eigenvalue weighted by Gasteiger charge is -2.30. The first-order chi connectivity index (χ1) is 11.3. The number of carbonyl (C=O) groups excluding carboxylic acids is 1. The van der Waals surface area contributed by atoms with Crippen molar-refractivity contribution in [1.82, 2.24) is 0 Å². The van der Waals surface area contributed by atoms with Gasteiger partial charge in [-0.1, -0.05) is 56.2 Å². The molecule has 0 radical (unpaired) electrons. The van der Waals surface area contributed by atoms with Gasteiger partial charge in [0.1, 0.15) is 0 Å². The van der Waals surface area contributed by atoms with Crippen molar-refractivity contribution in [2.75, 3.05) is 0 Å². The molecule has 3 atom stereocenters. The topological polar surface area (TPSA) is 17.1 Å². The molecule has 1 heteroatoms. The normalized spacial score (nSPS) is 29.4. The summed E-state index contributed by atoms with van der Waals surface area (Å²) in [5.74, 6) is 1.71. The molecule has 1 nitrogen and oxygen atoms in total. The van der Waals surface area contributed by atoms with Crippen molar-refractivity contribution < 1.29 is 4.79 Å². The van der Waals surface area contributed by atoms with Crippen LogP contribution in [0.15, 0.2) is 42.0 Å². The van der Waals surface area contributed by atoms with E-state index in [0.717, 1.165) is 12.8 Å². The molecule has 23 heavy (non-hydrogen) atoms. The first-order valence-electron chi connectivity index (χ1n) is 9.05. The summed E-state index contributed by atoms with van der Waals surface area (Å²) < 4.78 is 0. The van der Waals surface area contributed by atoms with E-state index < -0.39 is 0 Å². The summed E-state index contributed by atoms with van der Waals surface area (Å²) in [7, 11) is 0. The van der Waals surface area contributed by atoms with Crippen LogP contribution in [0.2, 0.25) is 0 Å². The van der Waals surface area contributed by atoms with Gasteiger partial charge in [-0.15, -0.1) is 0 Å². The first kappa shape index (κ1) is 13.5. The molecular formula is C22H22O. The van der Waals surface area contributed by atoms with Crippen molar-refractivity contribution in [3.05, 3.63) is 53.1 Å². The van der Waals surface area contributed by atoms with E-state index in [1.165, 1.54) is 52.3 Å². The minimum Gasteiger partial charge on any atom is -0.294 e. The third kappa shape index (κ3) is 1.77. The highest BCUT2D eigenvalue weighted by molar-refractivity contribution is 6.11. The summed E-state index contributed by atoms with van der Waals surface area (Å²) in [6, 6.07) is 13.3. The van der Waals surface area contributed by atoms with Crippen LogP contribution < -0.4 is 0 Å². The summed E-state index contributed by atoms with van der Waals surface area (Å²) in [4.78, 5) is 12.9. The molecular weight excluding hydrogens is 280 g/mol. The summed E-state index contributed by atoms with van der Waals surface area (Å²) in [6.07, 6.45) is 5.77. The van der Waals surface area contributed by atoms with Gasteiger partial charge >= 0.3 is 0 Å². The molecule has 3 aliphatic carbocycles. The summed E-state index contributed by atoms with van der Waals surface area (Å²) in [6.45, 7) is 2.30. The Labute approximate surface area is 137 Å². The zero-order chi connectivity index (χ0) is 15.6. The molecule has 0 heterocycles. The molecule has 116 valence electrons. The average Bonchev–Trinajstić information content (AvgIpc) is 2.87. The SMILES string of the molecule is C[C@@H]1CC2=C(c3ccc4ccccc4c31)[C@@H]1CCCC[C@@H]1C2=O. The number of benzene rings is 2. The summed E-state index contributed by atoms with van der Waals surface area (Å²) >= 11 is 0. The maximum Gasteiger partial charge on any atom is 0.162 e. The van der Waals surface area contributed by atoms with Gasteiger partial charge in [0.15, 0.2) is 5.78 Å². The number of hydrogen-bond acceptors (Lipinski definition) is 1. The molecule has 5 rings (SSSR count). The maximum absolute atomic E-state index is 12.9. The Balaban J connectivity index is 1.78. The average molecular weight is 302 g/mol. The van der Waals surface area contributed by atoms with E-state index in [1.54, 1.807) is 0 Å². The molecule has 3 aliphatic rings. The number of hydrogen-bond donors (Lipinski definition) is 0. The van der Waals surface area contributed by atoms with E-state index in [4.69, 9.17) is 0 Å². The largest absolute Gasteiger partial charge is 0.294 e. The fourth-order valence-electron chi connectivity index (χ4n) is 5.41. The van der Waals surface area contributed by atoms with Crippen LogP contribution in [0.3, 0.4) is 0 Å². The van der Waals surface area contributed by atoms with Gasteiger partial charge in [-0.2, -0.15) is 0 Å². The van der Waals surface area contributed by atoms with E-state index in [1.807, 2.05) is 0 Å². The number of fused-ring (bicyclic) bond motifs is 6. The molecule has 0 spiro atoms. The quantitative estimate of drug-likeness (QED) is 0.629. The predicted octanol–water partition coefficient (Wildman–Crippen LogP) is 5.49. The van der Waals surface area contributed by atoms with Crippen LogP contribution in [0, 0.1) is 11.8 Å². The van der Waals surface area contributed by atoms with E-state index in [2.05, 4.69) is 43.3 Å². The van der Waals surface area contributed by atoms with Crippen LogP contribution in [0.4, 0.5) is 0 Å². The molecule has 2 aromatic rings. The summed E-state index contributed by atoms with van der Waals surface area (Å²) in [5, 5.41) is 2.71.